The standard InChI is InChI=1S/C6H4N2O2.K/c1-7-5-3-2-4(8-5)6(9)10;/h3H,2H2,(H,9,10);/q;+1/p-1. The fourth-order valence-corrected chi connectivity index (χ4v) is 0.617. The van der Waals surface area contributed by atoms with Crippen LogP contribution < -0.4 is 56.5 Å². The molecule has 11 heavy (non-hydrogen) atoms. The van der Waals surface area contributed by atoms with E-state index < -0.39 is 5.97 Å². The molecule has 1 aliphatic heterocycles. The Kier molecular flexibility index (Phi) is 4.80. The molecule has 0 atom stereocenters. The predicted octanol–water partition coefficient (Wildman–Crippen LogP) is -3.65. The summed E-state index contributed by atoms with van der Waals surface area (Å²) in [7, 11) is 0. The van der Waals surface area contributed by atoms with E-state index in [1.807, 2.05) is 0 Å². The minimum Gasteiger partial charge on any atom is -0.541 e. The molecule has 1 aliphatic rings. The van der Waals surface area contributed by atoms with Gasteiger partial charge in [-0.25, -0.2) is 0 Å². The number of hydrogen-bond donors (Lipinski definition) is 0. The third-order valence-electron chi connectivity index (χ3n) is 1.08. The Labute approximate surface area is 106 Å². The summed E-state index contributed by atoms with van der Waals surface area (Å²) in [6.07, 6.45) is 1.66. The fourth-order valence-electron chi connectivity index (χ4n) is 0.617. The van der Waals surface area contributed by atoms with E-state index in [4.69, 9.17) is 6.57 Å². The Hall–Kier alpha value is 0.00636. The van der Waals surface area contributed by atoms with Gasteiger partial charge in [0.15, 0.2) is 5.71 Å². The third-order valence-corrected chi connectivity index (χ3v) is 1.08. The van der Waals surface area contributed by atoms with E-state index in [1.54, 1.807) is 0 Å². The number of carboxylic acids is 1. The number of aliphatic carboxylic acids is 1. The topological polar surface area (TPSA) is 56.8 Å². The zero-order chi connectivity index (χ0) is 7.56. The van der Waals surface area contributed by atoms with Gasteiger partial charge in [-0.15, -0.1) is 4.99 Å². The molecule has 1 rings (SSSR count). The van der Waals surface area contributed by atoms with Crippen LogP contribution >= 0.6 is 0 Å². The van der Waals surface area contributed by atoms with Crippen LogP contribution in [0.5, 0.6) is 0 Å². The Morgan fingerprint density at radius 3 is 2.73 bits per heavy atom. The molecule has 0 unspecified atom stereocenters. The molecule has 0 saturated carbocycles. The zero-order valence-electron chi connectivity index (χ0n) is 6.00. The molecular formula is C6H3KN2O2. The van der Waals surface area contributed by atoms with E-state index in [-0.39, 0.29) is 69.3 Å². The van der Waals surface area contributed by atoms with Gasteiger partial charge in [0, 0.05) is 6.42 Å². The van der Waals surface area contributed by atoms with Gasteiger partial charge in [-0.05, 0) is 0 Å². The number of carbonyl (C=O) groups is 1. The largest absolute Gasteiger partial charge is 1.00 e. The smallest absolute Gasteiger partial charge is 0.541 e. The molecule has 4 nitrogen and oxygen atoms in total. The van der Waals surface area contributed by atoms with Crippen molar-refractivity contribution in [3.05, 3.63) is 23.3 Å². The molecule has 50 valence electrons. The van der Waals surface area contributed by atoms with Crippen LogP contribution in [0.4, 0.5) is 0 Å². The molecule has 0 radical (unpaired) electrons. The number of aliphatic imine (C=N–C) groups is 1. The third kappa shape index (κ3) is 2.85. The average molecular weight is 174 g/mol. The minimum absolute atomic E-state index is 0. The van der Waals surface area contributed by atoms with Gasteiger partial charge in [-0.1, -0.05) is 12.6 Å². The van der Waals surface area contributed by atoms with Crippen LogP contribution in [0.3, 0.4) is 0 Å². The van der Waals surface area contributed by atoms with E-state index in [0.717, 1.165) is 0 Å². The van der Waals surface area contributed by atoms with Gasteiger partial charge in [0.05, 0.1) is 0 Å². The molecule has 0 aromatic heterocycles. The van der Waals surface area contributed by atoms with Crippen molar-refractivity contribution >= 4 is 11.7 Å². The van der Waals surface area contributed by atoms with E-state index in [2.05, 4.69) is 9.84 Å². The van der Waals surface area contributed by atoms with Crippen LogP contribution in [-0.2, 0) is 4.79 Å². The average Bonchev–Trinajstić information content (AvgIpc) is 2.34. The molecule has 0 aromatic carbocycles. The van der Waals surface area contributed by atoms with E-state index in [1.165, 1.54) is 6.08 Å². The predicted molar refractivity (Wildman–Crippen MR) is 31.7 cm³/mol. The first-order valence-electron chi connectivity index (χ1n) is 2.60. The Bertz CT molecular complexity index is 275. The Balaban J connectivity index is 0.000001000. The molecule has 0 bridgehead atoms. The fraction of sp³-hybridized carbons (Fsp3) is 0.167. The number of carboxylic acid groups (broad SMARTS) is 1. The summed E-state index contributed by atoms with van der Waals surface area (Å²) < 4.78 is 0. The summed E-state index contributed by atoms with van der Waals surface area (Å²) in [5.41, 5.74) is -0.0639. The number of rotatable bonds is 1. The summed E-state index contributed by atoms with van der Waals surface area (Å²) in [5, 5.41) is 10.1. The maximum atomic E-state index is 10.1. The first kappa shape index (κ1) is 11.0. The number of allylic oxidation sites excluding steroid dienone is 1. The second-order valence-corrected chi connectivity index (χ2v) is 1.72. The van der Waals surface area contributed by atoms with Gasteiger partial charge in [0.1, 0.15) is 5.97 Å². The van der Waals surface area contributed by atoms with Crippen molar-refractivity contribution in [3.8, 4) is 0 Å². The molecule has 0 aliphatic carbocycles. The van der Waals surface area contributed by atoms with Crippen LogP contribution in [-0.4, -0.2) is 11.7 Å². The summed E-state index contributed by atoms with van der Waals surface area (Å²) >= 11 is 0. The Morgan fingerprint density at radius 1 is 1.82 bits per heavy atom. The van der Waals surface area contributed by atoms with Crippen molar-refractivity contribution in [2.45, 2.75) is 6.42 Å². The quantitative estimate of drug-likeness (QED) is 0.304. The molecular weight excluding hydrogens is 171 g/mol. The van der Waals surface area contributed by atoms with Crippen molar-refractivity contribution in [2.75, 3.05) is 0 Å². The summed E-state index contributed by atoms with van der Waals surface area (Å²) in [6, 6.07) is 0. The van der Waals surface area contributed by atoms with Gasteiger partial charge < -0.3 is 14.7 Å². The molecule has 1 heterocycles. The van der Waals surface area contributed by atoms with Gasteiger partial charge in [0.2, 0.25) is 0 Å². The van der Waals surface area contributed by atoms with Crippen LogP contribution in [0, 0.1) is 6.57 Å². The minimum atomic E-state index is -1.30. The van der Waals surface area contributed by atoms with Crippen LogP contribution in [0.15, 0.2) is 16.9 Å². The number of nitrogens with zero attached hydrogens (tertiary/aromatic N) is 2. The van der Waals surface area contributed by atoms with Crippen LogP contribution in [0.2, 0.25) is 0 Å². The van der Waals surface area contributed by atoms with Crippen molar-refractivity contribution in [1.82, 2.24) is 0 Å². The molecule has 0 amide bonds. The summed E-state index contributed by atoms with van der Waals surface area (Å²) in [5.74, 6) is -1.16. The van der Waals surface area contributed by atoms with Crippen molar-refractivity contribution in [1.29, 1.82) is 0 Å². The molecule has 0 saturated heterocycles. The monoisotopic (exact) mass is 174 g/mol. The van der Waals surface area contributed by atoms with Gasteiger partial charge in [-0.2, -0.15) is 0 Å². The SMILES string of the molecule is [C-]#[N+]C1=CCC(C(=O)[O-])=N1.[K+]. The second kappa shape index (κ2) is 4.80. The maximum Gasteiger partial charge on any atom is 1.00 e. The zero-order valence-corrected chi connectivity index (χ0v) is 9.12. The maximum absolute atomic E-state index is 10.1. The van der Waals surface area contributed by atoms with E-state index in [0.29, 0.717) is 0 Å². The van der Waals surface area contributed by atoms with Crippen molar-refractivity contribution in [2.24, 2.45) is 4.99 Å². The molecule has 0 spiro atoms. The second-order valence-electron chi connectivity index (χ2n) is 1.72. The van der Waals surface area contributed by atoms with Crippen LogP contribution in [0.1, 0.15) is 6.42 Å². The number of carbonyl (C=O) groups excluding carboxylic acids is 1. The number of hydrogen-bond acceptors (Lipinski definition) is 3. The summed E-state index contributed by atoms with van der Waals surface area (Å²) in [4.78, 5) is 16.5. The normalized spacial score (nSPS) is 14.1. The molecule has 0 aromatic rings. The van der Waals surface area contributed by atoms with Crippen molar-refractivity contribution < 1.29 is 61.3 Å². The molecule has 0 N–H and O–H groups in total. The molecule has 0 fully saturated rings. The van der Waals surface area contributed by atoms with Gasteiger partial charge in [-0.3, -0.25) is 0 Å². The Morgan fingerprint density at radius 2 is 2.45 bits per heavy atom. The summed E-state index contributed by atoms with van der Waals surface area (Å²) in [6.45, 7) is 6.47. The van der Waals surface area contributed by atoms with E-state index in [9.17, 15) is 9.90 Å². The van der Waals surface area contributed by atoms with Crippen molar-refractivity contribution in [3.63, 3.8) is 0 Å². The first-order valence-corrected chi connectivity index (χ1v) is 2.60. The first-order chi connectivity index (χ1) is 4.74. The van der Waals surface area contributed by atoms with E-state index >= 15 is 0 Å². The van der Waals surface area contributed by atoms with Crippen LogP contribution in [0.25, 0.3) is 4.85 Å². The molecule has 5 heteroatoms. The van der Waals surface area contributed by atoms with Gasteiger partial charge in [0.25, 0.3) is 5.82 Å². The van der Waals surface area contributed by atoms with Gasteiger partial charge >= 0.3 is 51.4 Å².